The average Bonchev–Trinajstić information content (AvgIpc) is 2.90. The van der Waals surface area contributed by atoms with Crippen LogP contribution in [0.5, 0.6) is 0 Å². The van der Waals surface area contributed by atoms with Gasteiger partial charge in [-0.15, -0.1) is 0 Å². The minimum absolute atomic E-state index is 0.517. The maximum absolute atomic E-state index is 10.2. The maximum atomic E-state index is 10.2. The van der Waals surface area contributed by atoms with Crippen molar-refractivity contribution >= 4 is 11.3 Å². The predicted octanol–water partition coefficient (Wildman–Crippen LogP) is 1.47. The molecule has 0 aliphatic rings. The number of aromatic nitrogens is 2. The van der Waals surface area contributed by atoms with Crippen LogP contribution >= 0.6 is 11.3 Å². The Hall–Kier alpha value is -1.17. The Balaban J connectivity index is 1.85. The normalized spacial score (nSPS) is 14.9. The van der Waals surface area contributed by atoms with Crippen LogP contribution in [0, 0.1) is 0 Å². The van der Waals surface area contributed by atoms with Gasteiger partial charge in [0.15, 0.2) is 0 Å². The first-order valence-electron chi connectivity index (χ1n) is 5.11. The molecule has 5 heteroatoms. The summed E-state index contributed by atoms with van der Waals surface area (Å²) in [5.74, 6) is 0. The molecule has 0 saturated heterocycles. The molecule has 3 N–H and O–H groups in total. The van der Waals surface area contributed by atoms with Gasteiger partial charge < -0.3 is 15.4 Å². The summed E-state index contributed by atoms with van der Waals surface area (Å²) in [6, 6.07) is 1.95. The molecule has 0 fully saturated rings. The molecule has 1 atom stereocenters. The molecule has 2 aromatic heterocycles. The van der Waals surface area contributed by atoms with Crippen molar-refractivity contribution in [1.29, 1.82) is 0 Å². The van der Waals surface area contributed by atoms with Gasteiger partial charge in [-0.2, -0.15) is 11.3 Å². The lowest BCUT2D eigenvalue weighted by Gasteiger charge is -2.22. The van der Waals surface area contributed by atoms with Gasteiger partial charge in [0.1, 0.15) is 0 Å². The molecule has 1 unspecified atom stereocenters. The molecule has 2 heterocycles. The van der Waals surface area contributed by atoms with Crippen LogP contribution in [0.25, 0.3) is 0 Å². The summed E-state index contributed by atoms with van der Waals surface area (Å²) in [5, 5.41) is 17.4. The smallest absolute Gasteiger partial charge is 0.1000 e. The lowest BCUT2D eigenvalue weighted by atomic mass is 9.99. The molecule has 0 radical (unpaired) electrons. The fourth-order valence-corrected chi connectivity index (χ4v) is 2.28. The Labute approximate surface area is 98.4 Å². The van der Waals surface area contributed by atoms with Gasteiger partial charge in [-0.3, -0.25) is 0 Å². The Kier molecular flexibility index (Phi) is 3.38. The van der Waals surface area contributed by atoms with E-state index in [0.29, 0.717) is 13.1 Å². The molecular weight excluding hydrogens is 222 g/mol. The highest BCUT2D eigenvalue weighted by Gasteiger charge is 2.22. The van der Waals surface area contributed by atoms with Crippen molar-refractivity contribution in [3.8, 4) is 0 Å². The number of hydrogen-bond donors (Lipinski definition) is 3. The number of aromatic amines is 1. The fraction of sp³-hybridized carbons (Fsp3) is 0.364. The highest BCUT2D eigenvalue weighted by molar-refractivity contribution is 7.08. The van der Waals surface area contributed by atoms with E-state index in [2.05, 4.69) is 15.3 Å². The van der Waals surface area contributed by atoms with E-state index in [1.165, 1.54) is 0 Å². The molecule has 0 aliphatic heterocycles. The summed E-state index contributed by atoms with van der Waals surface area (Å²) in [4.78, 5) is 6.94. The zero-order valence-corrected chi connectivity index (χ0v) is 9.92. The third-order valence-electron chi connectivity index (χ3n) is 2.48. The minimum Gasteiger partial charge on any atom is -0.384 e. The van der Waals surface area contributed by atoms with Crippen molar-refractivity contribution in [2.45, 2.75) is 19.1 Å². The first-order chi connectivity index (χ1) is 7.68. The molecular formula is C11H15N3OS. The summed E-state index contributed by atoms with van der Waals surface area (Å²) < 4.78 is 0. The number of nitrogens with zero attached hydrogens (tertiary/aromatic N) is 1. The highest BCUT2D eigenvalue weighted by atomic mass is 32.1. The van der Waals surface area contributed by atoms with Gasteiger partial charge in [-0.05, 0) is 29.3 Å². The monoisotopic (exact) mass is 237 g/mol. The second-order valence-electron chi connectivity index (χ2n) is 3.97. The van der Waals surface area contributed by atoms with Crippen LogP contribution in [-0.2, 0) is 12.1 Å². The Morgan fingerprint density at radius 2 is 2.50 bits per heavy atom. The first kappa shape index (κ1) is 11.3. The lowest BCUT2D eigenvalue weighted by molar-refractivity contribution is 0.0570. The van der Waals surface area contributed by atoms with Crippen LogP contribution in [-0.4, -0.2) is 21.6 Å². The minimum atomic E-state index is -0.819. The van der Waals surface area contributed by atoms with Crippen molar-refractivity contribution in [3.63, 3.8) is 0 Å². The average molecular weight is 237 g/mol. The van der Waals surface area contributed by atoms with Gasteiger partial charge in [0.2, 0.25) is 0 Å². The second kappa shape index (κ2) is 4.78. The number of nitrogens with one attached hydrogen (secondary N) is 2. The first-order valence-corrected chi connectivity index (χ1v) is 6.06. The maximum Gasteiger partial charge on any atom is 0.1000 e. The number of rotatable bonds is 5. The van der Waals surface area contributed by atoms with Crippen LogP contribution in [0.15, 0.2) is 29.4 Å². The summed E-state index contributed by atoms with van der Waals surface area (Å²) in [5.41, 5.74) is 1.15. The molecule has 0 bridgehead atoms. The van der Waals surface area contributed by atoms with E-state index in [0.717, 1.165) is 11.3 Å². The van der Waals surface area contributed by atoms with E-state index in [1.54, 1.807) is 23.9 Å². The van der Waals surface area contributed by atoms with Crippen LogP contribution in [0.2, 0.25) is 0 Å². The van der Waals surface area contributed by atoms with E-state index < -0.39 is 5.60 Å². The summed E-state index contributed by atoms with van der Waals surface area (Å²) in [7, 11) is 0. The number of hydrogen-bond acceptors (Lipinski definition) is 4. The van der Waals surface area contributed by atoms with E-state index in [-0.39, 0.29) is 0 Å². The molecule has 86 valence electrons. The van der Waals surface area contributed by atoms with Gasteiger partial charge >= 0.3 is 0 Å². The van der Waals surface area contributed by atoms with Crippen molar-refractivity contribution < 1.29 is 5.11 Å². The number of imidazole rings is 1. The van der Waals surface area contributed by atoms with Gasteiger partial charge in [0.25, 0.3) is 0 Å². The number of aliphatic hydroxyl groups is 1. The van der Waals surface area contributed by atoms with E-state index in [9.17, 15) is 5.11 Å². The topological polar surface area (TPSA) is 60.9 Å². The fourth-order valence-electron chi connectivity index (χ4n) is 1.49. The van der Waals surface area contributed by atoms with E-state index in [4.69, 9.17) is 0 Å². The third-order valence-corrected chi connectivity index (χ3v) is 3.17. The van der Waals surface area contributed by atoms with Crippen LogP contribution in [0.4, 0.5) is 0 Å². The summed E-state index contributed by atoms with van der Waals surface area (Å²) in [6.45, 7) is 3.01. The van der Waals surface area contributed by atoms with E-state index in [1.807, 2.05) is 23.8 Å². The molecule has 2 aromatic rings. The number of H-pyrrole nitrogens is 1. The van der Waals surface area contributed by atoms with Crippen molar-refractivity contribution in [3.05, 3.63) is 40.6 Å². The largest absolute Gasteiger partial charge is 0.384 e. The zero-order valence-electron chi connectivity index (χ0n) is 9.10. The van der Waals surface area contributed by atoms with Crippen LogP contribution in [0.3, 0.4) is 0 Å². The van der Waals surface area contributed by atoms with Crippen molar-refractivity contribution in [2.24, 2.45) is 0 Å². The summed E-state index contributed by atoms with van der Waals surface area (Å²) in [6.07, 6.45) is 3.42. The van der Waals surface area contributed by atoms with Crippen molar-refractivity contribution in [2.75, 3.05) is 6.54 Å². The standard InChI is InChI=1S/C11H15N3OS/c1-11(15,9-2-3-16-6-9)7-12-4-10-5-13-8-14-10/h2-3,5-6,8,12,15H,4,7H2,1H3,(H,13,14). The molecule has 16 heavy (non-hydrogen) atoms. The van der Waals surface area contributed by atoms with Gasteiger partial charge in [-0.1, -0.05) is 0 Å². The number of thiophene rings is 1. The molecule has 4 nitrogen and oxygen atoms in total. The summed E-state index contributed by atoms with van der Waals surface area (Å²) >= 11 is 1.59. The Morgan fingerprint density at radius 3 is 3.12 bits per heavy atom. The predicted molar refractivity (Wildman–Crippen MR) is 64.2 cm³/mol. The molecule has 0 aromatic carbocycles. The second-order valence-corrected chi connectivity index (χ2v) is 4.75. The lowest BCUT2D eigenvalue weighted by Crippen LogP contribution is -2.34. The SMILES string of the molecule is CC(O)(CNCc1cnc[nH]1)c1ccsc1. The van der Waals surface area contributed by atoms with E-state index >= 15 is 0 Å². The highest BCUT2D eigenvalue weighted by Crippen LogP contribution is 2.21. The van der Waals surface area contributed by atoms with Gasteiger partial charge in [-0.25, -0.2) is 4.98 Å². The molecule has 0 saturated carbocycles. The molecule has 2 rings (SSSR count). The van der Waals surface area contributed by atoms with Crippen LogP contribution in [0.1, 0.15) is 18.2 Å². The Morgan fingerprint density at radius 1 is 1.62 bits per heavy atom. The Bertz CT molecular complexity index is 408. The molecule has 0 amide bonds. The zero-order chi connectivity index (χ0) is 11.4. The molecule has 0 spiro atoms. The van der Waals surface area contributed by atoms with Crippen LogP contribution < -0.4 is 5.32 Å². The third kappa shape index (κ3) is 2.69. The van der Waals surface area contributed by atoms with Gasteiger partial charge in [0, 0.05) is 25.0 Å². The van der Waals surface area contributed by atoms with Gasteiger partial charge in [0.05, 0.1) is 11.9 Å². The molecule has 0 aliphatic carbocycles. The quantitative estimate of drug-likeness (QED) is 0.738. The van der Waals surface area contributed by atoms with Crippen molar-refractivity contribution in [1.82, 2.24) is 15.3 Å².